The van der Waals surface area contributed by atoms with Gasteiger partial charge in [0.25, 0.3) is 10.0 Å². The summed E-state index contributed by atoms with van der Waals surface area (Å²) in [6, 6.07) is 5.91. The van der Waals surface area contributed by atoms with Crippen molar-refractivity contribution in [1.29, 1.82) is 0 Å². The first-order valence-corrected chi connectivity index (χ1v) is 7.13. The van der Waals surface area contributed by atoms with E-state index in [1.807, 2.05) is 0 Å². The summed E-state index contributed by atoms with van der Waals surface area (Å²) < 4.78 is 30.3. The van der Waals surface area contributed by atoms with Crippen molar-refractivity contribution in [2.45, 2.75) is 4.90 Å². The minimum absolute atomic E-state index is 0.0630. The zero-order chi connectivity index (χ0) is 14.9. The fourth-order valence-corrected chi connectivity index (χ4v) is 3.61. The van der Waals surface area contributed by atoms with Crippen molar-refractivity contribution >= 4 is 21.8 Å². The summed E-state index contributed by atoms with van der Waals surface area (Å²) in [5.74, 6) is -1.36. The summed E-state index contributed by atoms with van der Waals surface area (Å²) in [7, 11) is -2.83. The van der Waals surface area contributed by atoms with E-state index in [4.69, 9.17) is 0 Å². The van der Waals surface area contributed by atoms with Gasteiger partial charge in [-0.1, -0.05) is 18.2 Å². The van der Waals surface area contributed by atoms with Crippen LogP contribution in [0.15, 0.2) is 47.5 Å². The molecule has 20 heavy (non-hydrogen) atoms. The highest BCUT2D eigenvalue weighted by Gasteiger charge is 2.39. The Bertz CT molecular complexity index is 705. The van der Waals surface area contributed by atoms with Crippen molar-refractivity contribution in [1.82, 2.24) is 4.31 Å². The van der Waals surface area contributed by atoms with Crippen LogP contribution < -0.4 is 0 Å². The Balaban J connectivity index is 2.80. The lowest BCUT2D eigenvalue weighted by atomic mass is 10.1. The third kappa shape index (κ3) is 1.96. The number of fused-ring (bicyclic) bond motifs is 1. The molecule has 1 heterocycles. The summed E-state index contributed by atoms with van der Waals surface area (Å²) in [6.45, 7) is 3.31. The number of aliphatic hydroxyl groups excluding tert-OH is 1. The second kappa shape index (κ2) is 5.01. The molecule has 0 saturated carbocycles. The van der Waals surface area contributed by atoms with E-state index in [2.05, 4.69) is 11.3 Å². The fraction of sp³-hybridized carbons (Fsp3) is 0.154. The molecule has 0 bridgehead atoms. The summed E-state index contributed by atoms with van der Waals surface area (Å²) in [5.41, 5.74) is -0.334. The summed E-state index contributed by atoms with van der Waals surface area (Å²) in [6.07, 6.45) is 1.32. The molecule has 0 fully saturated rings. The number of carbonyl (C=O) groups excluding carboxylic acids is 1. The van der Waals surface area contributed by atoms with E-state index in [1.165, 1.54) is 18.2 Å². The van der Waals surface area contributed by atoms with Gasteiger partial charge in [-0.2, -0.15) is 0 Å². The van der Waals surface area contributed by atoms with Crippen LogP contribution in [0.2, 0.25) is 0 Å². The van der Waals surface area contributed by atoms with E-state index in [1.54, 1.807) is 12.1 Å². The van der Waals surface area contributed by atoms with E-state index in [-0.39, 0.29) is 17.0 Å². The lowest BCUT2D eigenvalue weighted by molar-refractivity contribution is -0.137. The van der Waals surface area contributed by atoms with E-state index in [0.29, 0.717) is 0 Å². The number of esters is 1. The highest BCUT2D eigenvalue weighted by molar-refractivity contribution is 7.89. The first-order chi connectivity index (χ1) is 9.45. The van der Waals surface area contributed by atoms with Crippen LogP contribution in [0.25, 0.3) is 5.76 Å². The number of sulfonamides is 1. The Morgan fingerprint density at radius 2 is 2.10 bits per heavy atom. The maximum absolute atomic E-state index is 12.5. The van der Waals surface area contributed by atoms with Gasteiger partial charge in [-0.05, 0) is 12.1 Å². The number of benzene rings is 1. The molecule has 0 radical (unpaired) electrons. The van der Waals surface area contributed by atoms with Crippen LogP contribution in [-0.4, -0.2) is 37.5 Å². The van der Waals surface area contributed by atoms with Gasteiger partial charge in [0.05, 0.1) is 18.6 Å². The van der Waals surface area contributed by atoms with Crippen molar-refractivity contribution in [3.63, 3.8) is 0 Å². The quantitative estimate of drug-likeness (QED) is 0.670. The summed E-state index contributed by atoms with van der Waals surface area (Å²) in [5, 5.41) is 10.2. The molecule has 0 saturated heterocycles. The SMILES string of the molecule is C=CCN1C(C(=O)OC)=C(O)c2ccccc2S1(=O)=O. The Hall–Kier alpha value is -2.28. The topological polar surface area (TPSA) is 83.9 Å². The molecule has 0 atom stereocenters. The number of methoxy groups -OCH3 is 1. The second-order valence-corrected chi connectivity index (χ2v) is 5.84. The average molecular weight is 295 g/mol. The maximum Gasteiger partial charge on any atom is 0.359 e. The van der Waals surface area contributed by atoms with Gasteiger partial charge in [0.1, 0.15) is 0 Å². The summed E-state index contributed by atoms with van der Waals surface area (Å²) >= 11 is 0. The Morgan fingerprint density at radius 3 is 2.70 bits per heavy atom. The number of carbonyl (C=O) groups is 1. The molecule has 1 aromatic carbocycles. The molecule has 1 aliphatic heterocycles. The van der Waals surface area contributed by atoms with E-state index < -0.39 is 27.4 Å². The van der Waals surface area contributed by atoms with Crippen molar-refractivity contribution in [3.8, 4) is 0 Å². The van der Waals surface area contributed by atoms with Crippen LogP contribution >= 0.6 is 0 Å². The van der Waals surface area contributed by atoms with Gasteiger partial charge in [0.15, 0.2) is 11.5 Å². The molecule has 0 unspecified atom stereocenters. The van der Waals surface area contributed by atoms with Crippen LogP contribution in [0.4, 0.5) is 0 Å². The molecule has 1 N–H and O–H groups in total. The van der Waals surface area contributed by atoms with Crippen molar-refractivity contribution < 1.29 is 23.1 Å². The van der Waals surface area contributed by atoms with E-state index in [9.17, 15) is 18.3 Å². The fourth-order valence-electron chi connectivity index (χ4n) is 1.97. The van der Waals surface area contributed by atoms with Crippen LogP contribution in [-0.2, 0) is 19.6 Å². The van der Waals surface area contributed by atoms with Gasteiger partial charge in [0.2, 0.25) is 0 Å². The highest BCUT2D eigenvalue weighted by Crippen LogP contribution is 2.35. The number of hydrogen-bond donors (Lipinski definition) is 1. The largest absolute Gasteiger partial charge is 0.505 e. The van der Waals surface area contributed by atoms with Crippen LogP contribution in [0.1, 0.15) is 5.56 Å². The maximum atomic E-state index is 12.5. The molecule has 6 nitrogen and oxygen atoms in total. The standard InChI is InChI=1S/C13H13NO5S/c1-3-8-14-11(13(16)19-2)12(15)9-6-4-5-7-10(9)20(14,17)18/h3-7,15H,1,8H2,2H3. The Labute approximate surface area is 116 Å². The van der Waals surface area contributed by atoms with Crippen LogP contribution in [0, 0.1) is 0 Å². The minimum Gasteiger partial charge on any atom is -0.505 e. The van der Waals surface area contributed by atoms with E-state index >= 15 is 0 Å². The number of ether oxygens (including phenoxy) is 1. The van der Waals surface area contributed by atoms with Gasteiger partial charge < -0.3 is 9.84 Å². The third-order valence-electron chi connectivity index (χ3n) is 2.86. The van der Waals surface area contributed by atoms with Gasteiger partial charge >= 0.3 is 5.97 Å². The zero-order valence-electron chi connectivity index (χ0n) is 10.7. The Kier molecular flexibility index (Phi) is 3.54. The molecule has 0 spiro atoms. The van der Waals surface area contributed by atoms with Gasteiger partial charge in [-0.15, -0.1) is 6.58 Å². The van der Waals surface area contributed by atoms with E-state index in [0.717, 1.165) is 11.4 Å². The van der Waals surface area contributed by atoms with Crippen LogP contribution in [0.3, 0.4) is 0 Å². The van der Waals surface area contributed by atoms with Crippen molar-refractivity contribution in [2.24, 2.45) is 0 Å². The molecule has 1 aromatic rings. The molecular formula is C13H13NO5S. The molecule has 2 rings (SSSR count). The van der Waals surface area contributed by atoms with Crippen molar-refractivity contribution in [2.75, 3.05) is 13.7 Å². The molecule has 7 heteroatoms. The predicted molar refractivity (Wildman–Crippen MR) is 72.1 cm³/mol. The lowest BCUT2D eigenvalue weighted by Gasteiger charge is -2.29. The molecule has 1 aliphatic rings. The Morgan fingerprint density at radius 1 is 1.45 bits per heavy atom. The molecule has 0 aliphatic carbocycles. The molecule has 0 aromatic heterocycles. The number of rotatable bonds is 3. The summed E-state index contributed by atoms with van der Waals surface area (Å²) in [4.78, 5) is 11.7. The first kappa shape index (κ1) is 14.1. The monoisotopic (exact) mass is 295 g/mol. The predicted octanol–water partition coefficient (Wildman–Crippen LogP) is 1.28. The van der Waals surface area contributed by atoms with Crippen molar-refractivity contribution in [3.05, 3.63) is 48.2 Å². The zero-order valence-corrected chi connectivity index (χ0v) is 11.6. The van der Waals surface area contributed by atoms with Gasteiger partial charge in [-0.25, -0.2) is 13.2 Å². The van der Waals surface area contributed by atoms with Crippen LogP contribution in [0.5, 0.6) is 0 Å². The first-order valence-electron chi connectivity index (χ1n) is 5.69. The normalized spacial score (nSPS) is 16.6. The minimum atomic E-state index is -3.94. The lowest BCUT2D eigenvalue weighted by Crippen LogP contribution is -2.38. The van der Waals surface area contributed by atoms with Gasteiger partial charge in [0, 0.05) is 5.56 Å². The second-order valence-electron chi connectivity index (χ2n) is 4.01. The third-order valence-corrected chi connectivity index (χ3v) is 4.68. The highest BCUT2D eigenvalue weighted by atomic mass is 32.2. The number of aliphatic hydroxyl groups is 1. The smallest absolute Gasteiger partial charge is 0.359 e. The van der Waals surface area contributed by atoms with Gasteiger partial charge in [-0.3, -0.25) is 4.31 Å². The molecule has 0 amide bonds. The molecule has 106 valence electrons. The number of nitrogens with zero attached hydrogens (tertiary/aromatic N) is 1. The number of hydrogen-bond acceptors (Lipinski definition) is 5. The molecular weight excluding hydrogens is 282 g/mol. The average Bonchev–Trinajstić information content (AvgIpc) is 2.45.